The van der Waals surface area contributed by atoms with Gasteiger partial charge in [0.1, 0.15) is 6.33 Å². The van der Waals surface area contributed by atoms with E-state index < -0.39 is 5.60 Å². The van der Waals surface area contributed by atoms with Gasteiger partial charge in [0.15, 0.2) is 11.6 Å². The molecule has 0 aliphatic heterocycles. The second kappa shape index (κ2) is 5.92. The van der Waals surface area contributed by atoms with Crippen molar-refractivity contribution in [2.45, 2.75) is 12.5 Å². The third-order valence-corrected chi connectivity index (χ3v) is 3.04. The molecule has 17 heavy (non-hydrogen) atoms. The van der Waals surface area contributed by atoms with E-state index in [2.05, 4.69) is 15.3 Å². The lowest BCUT2D eigenvalue weighted by Crippen LogP contribution is -2.36. The first-order valence-corrected chi connectivity index (χ1v) is 6.49. The van der Waals surface area contributed by atoms with Crippen LogP contribution in [0.4, 0.5) is 11.6 Å². The number of methoxy groups -OCH3 is 1. The Morgan fingerprint density at radius 1 is 1.59 bits per heavy atom. The van der Waals surface area contributed by atoms with Gasteiger partial charge in [0.05, 0.1) is 12.7 Å². The van der Waals surface area contributed by atoms with Gasteiger partial charge in [-0.3, -0.25) is 0 Å². The van der Waals surface area contributed by atoms with Crippen LogP contribution in [0.2, 0.25) is 0 Å². The molecule has 1 heterocycles. The number of hydrogen-bond acceptors (Lipinski definition) is 7. The van der Waals surface area contributed by atoms with Crippen LogP contribution in [0.15, 0.2) is 6.33 Å². The lowest BCUT2D eigenvalue weighted by molar-refractivity contribution is 0.0995. The summed E-state index contributed by atoms with van der Waals surface area (Å²) in [6, 6.07) is 0. The molecular formula is C10H18N4O2S. The summed E-state index contributed by atoms with van der Waals surface area (Å²) < 4.78 is 5.10. The molecule has 0 saturated heterocycles. The molecule has 0 spiro atoms. The first-order valence-electron chi connectivity index (χ1n) is 5.10. The average Bonchev–Trinajstić information content (AvgIpc) is 2.26. The quantitative estimate of drug-likeness (QED) is 0.687. The van der Waals surface area contributed by atoms with Gasteiger partial charge in [-0.15, -0.1) is 0 Å². The Balaban J connectivity index is 2.72. The molecule has 1 rings (SSSR count). The molecule has 0 bridgehead atoms. The molecule has 6 nitrogen and oxygen atoms in total. The van der Waals surface area contributed by atoms with Crippen LogP contribution in [0, 0.1) is 0 Å². The average molecular weight is 258 g/mol. The Bertz CT molecular complexity index is 373. The smallest absolute Gasteiger partial charge is 0.203 e. The molecular weight excluding hydrogens is 240 g/mol. The second-order valence-electron chi connectivity index (χ2n) is 3.92. The number of hydrogen-bond donors (Lipinski definition) is 3. The van der Waals surface area contributed by atoms with E-state index in [9.17, 15) is 5.11 Å². The van der Waals surface area contributed by atoms with E-state index in [0.29, 0.717) is 23.9 Å². The van der Waals surface area contributed by atoms with Crippen molar-refractivity contribution in [3.8, 4) is 5.75 Å². The van der Waals surface area contributed by atoms with Gasteiger partial charge < -0.3 is 20.9 Å². The zero-order valence-electron chi connectivity index (χ0n) is 10.2. The molecule has 0 amide bonds. The van der Waals surface area contributed by atoms with Crippen molar-refractivity contribution in [1.82, 2.24) is 9.97 Å². The molecule has 96 valence electrons. The van der Waals surface area contributed by atoms with Gasteiger partial charge in [-0.1, -0.05) is 0 Å². The highest BCUT2D eigenvalue weighted by Crippen LogP contribution is 2.26. The summed E-state index contributed by atoms with van der Waals surface area (Å²) >= 11 is 1.58. The van der Waals surface area contributed by atoms with Crippen LogP contribution < -0.4 is 15.8 Å². The molecule has 0 aliphatic carbocycles. The fraction of sp³-hybridized carbons (Fsp3) is 0.600. The van der Waals surface area contributed by atoms with Crippen LogP contribution in [0.1, 0.15) is 6.92 Å². The number of nitrogen functional groups attached to an aromatic ring is 1. The SMILES string of the molecule is COc1c(N)ncnc1NCC(C)(O)CSC. The highest BCUT2D eigenvalue weighted by atomic mass is 32.2. The summed E-state index contributed by atoms with van der Waals surface area (Å²) in [7, 11) is 1.50. The molecule has 0 aromatic carbocycles. The maximum atomic E-state index is 10.0. The number of anilines is 2. The van der Waals surface area contributed by atoms with E-state index in [4.69, 9.17) is 10.5 Å². The van der Waals surface area contributed by atoms with Crippen LogP contribution in [0.25, 0.3) is 0 Å². The van der Waals surface area contributed by atoms with Crippen LogP contribution >= 0.6 is 11.8 Å². The van der Waals surface area contributed by atoms with Gasteiger partial charge >= 0.3 is 0 Å². The Hall–Kier alpha value is -1.21. The fourth-order valence-corrected chi connectivity index (χ4v) is 2.07. The second-order valence-corrected chi connectivity index (χ2v) is 4.79. The van der Waals surface area contributed by atoms with E-state index in [-0.39, 0.29) is 5.82 Å². The number of ether oxygens (including phenoxy) is 1. The molecule has 0 radical (unpaired) electrons. The Kier molecular flexibility index (Phi) is 4.83. The van der Waals surface area contributed by atoms with Gasteiger partial charge in [-0.05, 0) is 13.2 Å². The van der Waals surface area contributed by atoms with Gasteiger partial charge in [0.2, 0.25) is 5.75 Å². The highest BCUT2D eigenvalue weighted by molar-refractivity contribution is 7.98. The Labute approximate surface area is 105 Å². The Morgan fingerprint density at radius 3 is 2.88 bits per heavy atom. The molecule has 0 aliphatic rings. The fourth-order valence-electron chi connectivity index (χ4n) is 1.35. The number of thioether (sulfide) groups is 1. The largest absolute Gasteiger partial charge is 0.490 e. The first kappa shape index (κ1) is 13.9. The van der Waals surface area contributed by atoms with Crippen molar-refractivity contribution in [1.29, 1.82) is 0 Å². The maximum Gasteiger partial charge on any atom is 0.203 e. The normalized spacial score (nSPS) is 14.1. The number of rotatable bonds is 6. The maximum absolute atomic E-state index is 10.0. The summed E-state index contributed by atoms with van der Waals surface area (Å²) in [5.41, 5.74) is 4.83. The van der Waals surface area contributed by atoms with Crippen molar-refractivity contribution in [2.24, 2.45) is 0 Å². The zero-order chi connectivity index (χ0) is 12.9. The molecule has 0 saturated carbocycles. The number of nitrogens with zero attached hydrogens (tertiary/aromatic N) is 2. The third-order valence-electron chi connectivity index (χ3n) is 2.13. The minimum Gasteiger partial charge on any atom is -0.490 e. The number of aromatic nitrogens is 2. The van der Waals surface area contributed by atoms with Crippen molar-refractivity contribution >= 4 is 23.4 Å². The monoisotopic (exact) mass is 258 g/mol. The zero-order valence-corrected chi connectivity index (χ0v) is 11.0. The van der Waals surface area contributed by atoms with Gasteiger partial charge in [-0.25, -0.2) is 9.97 Å². The summed E-state index contributed by atoms with van der Waals surface area (Å²) in [5, 5.41) is 13.0. The summed E-state index contributed by atoms with van der Waals surface area (Å²) in [6.45, 7) is 2.12. The van der Waals surface area contributed by atoms with Crippen LogP contribution in [-0.2, 0) is 0 Å². The van der Waals surface area contributed by atoms with Crippen LogP contribution in [0.3, 0.4) is 0 Å². The summed E-state index contributed by atoms with van der Waals surface area (Å²) in [6.07, 6.45) is 3.29. The Morgan fingerprint density at radius 2 is 2.29 bits per heavy atom. The lowest BCUT2D eigenvalue weighted by atomic mass is 10.1. The van der Waals surface area contributed by atoms with E-state index in [1.54, 1.807) is 18.7 Å². The molecule has 1 aromatic rings. The summed E-state index contributed by atoms with van der Waals surface area (Å²) in [5.74, 6) is 1.78. The predicted molar refractivity (Wildman–Crippen MR) is 70.5 cm³/mol. The van der Waals surface area contributed by atoms with Crippen molar-refractivity contribution in [2.75, 3.05) is 36.7 Å². The number of nitrogens with one attached hydrogen (secondary N) is 1. The third kappa shape index (κ3) is 3.94. The van der Waals surface area contributed by atoms with Crippen molar-refractivity contribution in [3.05, 3.63) is 6.33 Å². The van der Waals surface area contributed by atoms with Gasteiger partial charge in [-0.2, -0.15) is 11.8 Å². The molecule has 1 atom stereocenters. The first-order chi connectivity index (χ1) is 8.00. The van der Waals surface area contributed by atoms with Crippen molar-refractivity contribution in [3.63, 3.8) is 0 Å². The van der Waals surface area contributed by atoms with Crippen LogP contribution in [0.5, 0.6) is 5.75 Å². The molecule has 1 unspecified atom stereocenters. The van der Waals surface area contributed by atoms with Gasteiger partial charge in [0, 0.05) is 12.3 Å². The lowest BCUT2D eigenvalue weighted by Gasteiger charge is -2.23. The van der Waals surface area contributed by atoms with E-state index in [1.165, 1.54) is 13.4 Å². The summed E-state index contributed by atoms with van der Waals surface area (Å²) in [4.78, 5) is 7.85. The van der Waals surface area contributed by atoms with Crippen molar-refractivity contribution < 1.29 is 9.84 Å². The standard InChI is InChI=1S/C10H18N4O2S/c1-10(15,5-17-3)4-12-9-7(16-2)8(11)13-6-14-9/h6,15H,4-5H2,1-3H3,(H3,11,12,13,14). The molecule has 7 heteroatoms. The molecule has 0 fully saturated rings. The van der Waals surface area contributed by atoms with Crippen LogP contribution in [-0.4, -0.2) is 46.3 Å². The topological polar surface area (TPSA) is 93.3 Å². The number of nitrogens with two attached hydrogens (primary N) is 1. The minimum absolute atomic E-state index is 0.273. The van der Waals surface area contributed by atoms with E-state index >= 15 is 0 Å². The molecule has 4 N–H and O–H groups in total. The van der Waals surface area contributed by atoms with E-state index in [0.717, 1.165) is 0 Å². The van der Waals surface area contributed by atoms with E-state index in [1.807, 2.05) is 6.26 Å². The minimum atomic E-state index is -0.815. The van der Waals surface area contributed by atoms with Gasteiger partial charge in [0.25, 0.3) is 0 Å². The highest BCUT2D eigenvalue weighted by Gasteiger charge is 2.20. The molecule has 1 aromatic heterocycles. The predicted octanol–water partition coefficient (Wildman–Crippen LogP) is 0.593. The number of aliphatic hydroxyl groups is 1.